The summed E-state index contributed by atoms with van der Waals surface area (Å²) >= 11 is 6.94. The Balaban J connectivity index is 1.68. The Bertz CT molecular complexity index is 1040. The van der Waals surface area contributed by atoms with E-state index in [1.807, 2.05) is 25.1 Å². The number of hydrogen-bond acceptors (Lipinski definition) is 4. The molecule has 0 saturated heterocycles. The van der Waals surface area contributed by atoms with Crippen molar-refractivity contribution in [2.45, 2.75) is 13.5 Å². The zero-order valence-electron chi connectivity index (χ0n) is 14.8. The molecule has 0 unspecified atom stereocenters. The standard InChI is InChI=1S/C19H18Br2N4O2/c1-11-7-13(20)18(14(21)8-11)24-17(26)10-25(2)9-16-22-15-6-4-3-5-12(15)19(27)23-16/h3-8H,9-10H2,1-2H3,(H,24,26)(H,22,23,27). The van der Waals surface area contributed by atoms with Gasteiger partial charge in [-0.25, -0.2) is 4.98 Å². The van der Waals surface area contributed by atoms with Crippen LogP contribution in [0.25, 0.3) is 10.9 Å². The summed E-state index contributed by atoms with van der Waals surface area (Å²) in [5, 5.41) is 3.45. The second-order valence-corrected chi connectivity index (χ2v) is 8.06. The highest BCUT2D eigenvalue weighted by Crippen LogP contribution is 2.32. The first kappa shape index (κ1) is 19.7. The molecule has 2 N–H and O–H groups in total. The van der Waals surface area contributed by atoms with Crippen molar-refractivity contribution in [2.24, 2.45) is 0 Å². The van der Waals surface area contributed by atoms with E-state index in [4.69, 9.17) is 0 Å². The van der Waals surface area contributed by atoms with Crippen molar-refractivity contribution in [1.29, 1.82) is 0 Å². The molecular weight excluding hydrogens is 476 g/mol. The van der Waals surface area contributed by atoms with Crippen LogP contribution in [-0.4, -0.2) is 34.4 Å². The molecule has 0 aliphatic heterocycles. The third-order valence-electron chi connectivity index (χ3n) is 3.95. The Hall–Kier alpha value is -2.03. The van der Waals surface area contributed by atoms with Gasteiger partial charge in [-0.05, 0) is 75.7 Å². The average molecular weight is 494 g/mol. The van der Waals surface area contributed by atoms with Crippen LogP contribution >= 0.6 is 31.9 Å². The fraction of sp³-hybridized carbons (Fsp3) is 0.211. The fourth-order valence-corrected chi connectivity index (χ4v) is 4.38. The summed E-state index contributed by atoms with van der Waals surface area (Å²) in [4.78, 5) is 33.6. The van der Waals surface area contributed by atoms with E-state index >= 15 is 0 Å². The number of H-pyrrole nitrogens is 1. The van der Waals surface area contributed by atoms with E-state index in [2.05, 4.69) is 47.1 Å². The van der Waals surface area contributed by atoms with Crippen molar-refractivity contribution in [3.05, 3.63) is 67.1 Å². The first-order valence-corrected chi connectivity index (χ1v) is 9.84. The van der Waals surface area contributed by atoms with Crippen molar-refractivity contribution in [3.8, 4) is 0 Å². The number of aryl methyl sites for hydroxylation is 1. The molecule has 0 fully saturated rings. The molecule has 2 aromatic carbocycles. The largest absolute Gasteiger partial charge is 0.323 e. The number of halogens is 2. The van der Waals surface area contributed by atoms with Gasteiger partial charge in [0.15, 0.2) is 0 Å². The molecule has 1 aromatic heterocycles. The summed E-state index contributed by atoms with van der Waals surface area (Å²) in [6.07, 6.45) is 0. The lowest BCUT2D eigenvalue weighted by atomic mass is 10.2. The zero-order valence-corrected chi connectivity index (χ0v) is 18.0. The summed E-state index contributed by atoms with van der Waals surface area (Å²) in [6.45, 7) is 2.49. The normalized spacial score (nSPS) is 11.1. The monoisotopic (exact) mass is 492 g/mol. The molecule has 3 rings (SSSR count). The van der Waals surface area contributed by atoms with E-state index in [0.717, 1.165) is 14.5 Å². The van der Waals surface area contributed by atoms with Gasteiger partial charge in [0.1, 0.15) is 5.82 Å². The number of aromatic amines is 1. The van der Waals surface area contributed by atoms with Crippen LogP contribution in [0, 0.1) is 6.92 Å². The SMILES string of the molecule is Cc1cc(Br)c(NC(=O)CN(C)Cc2nc3ccccc3c(=O)[nH]2)c(Br)c1. The predicted octanol–water partition coefficient (Wildman–Crippen LogP) is 3.83. The summed E-state index contributed by atoms with van der Waals surface area (Å²) < 4.78 is 1.62. The Morgan fingerprint density at radius 3 is 2.59 bits per heavy atom. The van der Waals surface area contributed by atoms with Crippen molar-refractivity contribution in [2.75, 3.05) is 18.9 Å². The molecule has 0 saturated carbocycles. The molecule has 0 atom stereocenters. The van der Waals surface area contributed by atoms with Gasteiger partial charge in [0.05, 0.1) is 29.7 Å². The van der Waals surface area contributed by atoms with Crippen molar-refractivity contribution < 1.29 is 4.79 Å². The molecule has 6 nitrogen and oxygen atoms in total. The Morgan fingerprint density at radius 1 is 1.22 bits per heavy atom. The maximum Gasteiger partial charge on any atom is 0.258 e. The van der Waals surface area contributed by atoms with E-state index in [-0.39, 0.29) is 18.0 Å². The lowest BCUT2D eigenvalue weighted by Crippen LogP contribution is -2.31. The number of likely N-dealkylation sites (N-methyl/N-ethyl adjacent to an activating group) is 1. The number of hydrogen-bond donors (Lipinski definition) is 2. The maximum absolute atomic E-state index is 12.4. The molecule has 27 heavy (non-hydrogen) atoms. The number of para-hydroxylation sites is 1. The average Bonchev–Trinajstić information content (AvgIpc) is 2.58. The number of nitrogens with one attached hydrogen (secondary N) is 2. The Kier molecular flexibility index (Phi) is 6.08. The van der Waals surface area contributed by atoms with Gasteiger partial charge in [0.25, 0.3) is 5.56 Å². The summed E-state index contributed by atoms with van der Waals surface area (Å²) in [6, 6.07) is 11.1. The molecule has 8 heteroatoms. The molecule has 140 valence electrons. The molecule has 1 heterocycles. The van der Waals surface area contributed by atoms with Crippen LogP contribution in [-0.2, 0) is 11.3 Å². The number of nitrogens with zero attached hydrogens (tertiary/aromatic N) is 2. The minimum absolute atomic E-state index is 0.156. The van der Waals surface area contributed by atoms with E-state index in [0.29, 0.717) is 29.0 Å². The van der Waals surface area contributed by atoms with Crippen molar-refractivity contribution in [3.63, 3.8) is 0 Å². The molecular formula is C19H18Br2N4O2. The van der Waals surface area contributed by atoms with Gasteiger partial charge in [-0.1, -0.05) is 12.1 Å². The van der Waals surface area contributed by atoms with Gasteiger partial charge in [-0.2, -0.15) is 0 Å². The third-order valence-corrected chi connectivity index (χ3v) is 5.20. The highest BCUT2D eigenvalue weighted by molar-refractivity contribution is 9.11. The van der Waals surface area contributed by atoms with E-state index in [1.54, 1.807) is 30.1 Å². The molecule has 3 aromatic rings. The minimum atomic E-state index is -0.180. The van der Waals surface area contributed by atoms with Crippen LogP contribution in [0.4, 0.5) is 5.69 Å². The number of carbonyl (C=O) groups excluding carboxylic acids is 1. The smallest absolute Gasteiger partial charge is 0.258 e. The fourth-order valence-electron chi connectivity index (χ4n) is 2.76. The Labute approximate surface area is 173 Å². The first-order valence-electron chi connectivity index (χ1n) is 8.25. The first-order chi connectivity index (χ1) is 12.8. The number of rotatable bonds is 5. The van der Waals surface area contributed by atoms with Crippen LogP contribution in [0.1, 0.15) is 11.4 Å². The van der Waals surface area contributed by atoms with Gasteiger partial charge >= 0.3 is 0 Å². The van der Waals surface area contributed by atoms with E-state index in [9.17, 15) is 9.59 Å². The van der Waals surface area contributed by atoms with Crippen LogP contribution in [0.15, 0.2) is 50.1 Å². The maximum atomic E-state index is 12.4. The van der Waals surface area contributed by atoms with Gasteiger partial charge in [0.2, 0.25) is 5.91 Å². The number of anilines is 1. The van der Waals surface area contributed by atoms with E-state index in [1.165, 1.54) is 0 Å². The zero-order chi connectivity index (χ0) is 19.6. The highest BCUT2D eigenvalue weighted by Gasteiger charge is 2.13. The quantitative estimate of drug-likeness (QED) is 0.566. The highest BCUT2D eigenvalue weighted by atomic mass is 79.9. The minimum Gasteiger partial charge on any atom is -0.323 e. The van der Waals surface area contributed by atoms with Crippen LogP contribution in [0.5, 0.6) is 0 Å². The van der Waals surface area contributed by atoms with Crippen LogP contribution in [0.3, 0.4) is 0 Å². The second-order valence-electron chi connectivity index (χ2n) is 6.35. The second kappa shape index (κ2) is 8.33. The number of amides is 1. The van der Waals surface area contributed by atoms with Crippen molar-refractivity contribution in [1.82, 2.24) is 14.9 Å². The Morgan fingerprint density at radius 2 is 1.89 bits per heavy atom. The number of fused-ring (bicyclic) bond motifs is 1. The topological polar surface area (TPSA) is 78.1 Å². The summed E-state index contributed by atoms with van der Waals surface area (Å²) in [5.74, 6) is 0.359. The molecule has 0 aliphatic carbocycles. The lowest BCUT2D eigenvalue weighted by molar-refractivity contribution is -0.117. The van der Waals surface area contributed by atoms with Gasteiger partial charge < -0.3 is 10.3 Å². The summed E-state index contributed by atoms with van der Waals surface area (Å²) in [7, 11) is 1.80. The lowest BCUT2D eigenvalue weighted by Gasteiger charge is -2.17. The predicted molar refractivity (Wildman–Crippen MR) is 114 cm³/mol. The van der Waals surface area contributed by atoms with E-state index < -0.39 is 0 Å². The number of carbonyl (C=O) groups is 1. The molecule has 0 spiro atoms. The molecule has 0 radical (unpaired) electrons. The van der Waals surface area contributed by atoms with Crippen LogP contribution < -0.4 is 10.9 Å². The third kappa shape index (κ3) is 4.82. The summed E-state index contributed by atoms with van der Waals surface area (Å²) in [5.41, 5.74) is 2.23. The molecule has 0 bridgehead atoms. The van der Waals surface area contributed by atoms with Gasteiger partial charge in [-0.15, -0.1) is 0 Å². The van der Waals surface area contributed by atoms with Gasteiger partial charge in [-0.3, -0.25) is 14.5 Å². The van der Waals surface area contributed by atoms with Crippen molar-refractivity contribution >= 4 is 54.4 Å². The molecule has 1 amide bonds. The molecule has 0 aliphatic rings. The number of aromatic nitrogens is 2. The van der Waals surface area contributed by atoms with Gasteiger partial charge in [0, 0.05) is 8.95 Å². The number of benzene rings is 2. The van der Waals surface area contributed by atoms with Crippen LogP contribution in [0.2, 0.25) is 0 Å².